The van der Waals surface area contributed by atoms with Crippen molar-refractivity contribution in [2.45, 2.75) is 19.3 Å². The summed E-state index contributed by atoms with van der Waals surface area (Å²) in [6, 6.07) is 5.19. The third kappa shape index (κ3) is 3.35. The Bertz CT molecular complexity index is 445. The highest BCUT2D eigenvalue weighted by Crippen LogP contribution is 2.31. The molecule has 0 spiro atoms. The van der Waals surface area contributed by atoms with Crippen molar-refractivity contribution in [1.82, 2.24) is 0 Å². The molecule has 104 valence electrons. The zero-order valence-electron chi connectivity index (χ0n) is 10.8. The fraction of sp³-hybridized carbons (Fsp3) is 0.538. The van der Waals surface area contributed by atoms with Gasteiger partial charge in [0.05, 0.1) is 4.92 Å². The third-order valence-electron chi connectivity index (χ3n) is 3.30. The normalized spacial score (nSPS) is 14.7. The van der Waals surface area contributed by atoms with Crippen molar-refractivity contribution in [3.05, 3.63) is 28.3 Å². The van der Waals surface area contributed by atoms with Crippen molar-refractivity contribution in [3.8, 4) is 0 Å². The van der Waals surface area contributed by atoms with E-state index < -0.39 is 0 Å². The highest BCUT2D eigenvalue weighted by atomic mass is 16.6. The number of benzene rings is 1. The van der Waals surface area contributed by atoms with Gasteiger partial charge >= 0.3 is 0 Å². The molecule has 6 nitrogen and oxygen atoms in total. The lowest BCUT2D eigenvalue weighted by Crippen LogP contribution is -2.18. The summed E-state index contributed by atoms with van der Waals surface area (Å²) in [6.07, 6.45) is 2.92. The van der Waals surface area contributed by atoms with Crippen LogP contribution in [-0.4, -0.2) is 36.3 Å². The summed E-state index contributed by atoms with van der Waals surface area (Å²) >= 11 is 0. The van der Waals surface area contributed by atoms with E-state index in [4.69, 9.17) is 5.11 Å². The number of nitrogens with zero attached hydrogens (tertiary/aromatic N) is 2. The Morgan fingerprint density at radius 3 is 2.74 bits per heavy atom. The van der Waals surface area contributed by atoms with Crippen LogP contribution in [0.1, 0.15) is 19.3 Å². The lowest BCUT2D eigenvalue weighted by Gasteiger charge is -2.18. The van der Waals surface area contributed by atoms with Crippen LogP contribution in [-0.2, 0) is 0 Å². The predicted molar refractivity (Wildman–Crippen MR) is 74.7 cm³/mol. The predicted octanol–water partition coefficient (Wildman–Crippen LogP) is 1.99. The second-order valence-corrected chi connectivity index (χ2v) is 4.66. The first-order valence-electron chi connectivity index (χ1n) is 6.60. The number of aliphatic hydroxyl groups excluding tert-OH is 1. The van der Waals surface area contributed by atoms with Crippen LogP contribution >= 0.6 is 0 Å². The lowest BCUT2D eigenvalue weighted by atomic mass is 10.2. The van der Waals surface area contributed by atoms with Crippen molar-refractivity contribution >= 4 is 17.1 Å². The van der Waals surface area contributed by atoms with E-state index in [-0.39, 0.29) is 17.2 Å². The molecule has 1 aromatic carbocycles. The van der Waals surface area contributed by atoms with Crippen LogP contribution in [0.3, 0.4) is 0 Å². The largest absolute Gasteiger partial charge is 0.396 e. The van der Waals surface area contributed by atoms with Crippen LogP contribution in [0.25, 0.3) is 0 Å². The van der Waals surface area contributed by atoms with Gasteiger partial charge in [-0.25, -0.2) is 0 Å². The number of hydrogen-bond acceptors (Lipinski definition) is 5. The Morgan fingerprint density at radius 2 is 2.11 bits per heavy atom. The third-order valence-corrected chi connectivity index (χ3v) is 3.30. The van der Waals surface area contributed by atoms with Crippen molar-refractivity contribution in [1.29, 1.82) is 0 Å². The summed E-state index contributed by atoms with van der Waals surface area (Å²) in [4.78, 5) is 12.8. The molecule has 1 fully saturated rings. The summed E-state index contributed by atoms with van der Waals surface area (Å²) < 4.78 is 0. The fourth-order valence-corrected chi connectivity index (χ4v) is 2.30. The number of hydrogen-bond donors (Lipinski definition) is 2. The van der Waals surface area contributed by atoms with Gasteiger partial charge in [0.25, 0.3) is 5.69 Å². The first-order valence-corrected chi connectivity index (χ1v) is 6.60. The van der Waals surface area contributed by atoms with E-state index in [0.717, 1.165) is 18.8 Å². The molecule has 1 saturated heterocycles. The molecule has 0 unspecified atom stereocenters. The Kier molecular flexibility index (Phi) is 4.57. The molecule has 6 heteroatoms. The van der Waals surface area contributed by atoms with Crippen LogP contribution in [0.15, 0.2) is 18.2 Å². The quantitative estimate of drug-likeness (QED) is 0.467. The van der Waals surface area contributed by atoms with E-state index in [1.54, 1.807) is 12.1 Å². The maximum absolute atomic E-state index is 11.0. The summed E-state index contributed by atoms with van der Waals surface area (Å²) in [5.74, 6) is 0. The molecule has 2 N–H and O–H groups in total. The molecule has 1 aliphatic rings. The number of anilines is 2. The number of nitro groups is 1. The van der Waals surface area contributed by atoms with Crippen LogP contribution in [0.5, 0.6) is 0 Å². The molecular formula is C13H19N3O3. The zero-order valence-corrected chi connectivity index (χ0v) is 10.8. The van der Waals surface area contributed by atoms with Gasteiger partial charge in [0.15, 0.2) is 0 Å². The van der Waals surface area contributed by atoms with E-state index in [1.807, 2.05) is 6.07 Å². The monoisotopic (exact) mass is 265 g/mol. The average molecular weight is 265 g/mol. The molecule has 19 heavy (non-hydrogen) atoms. The Balaban J connectivity index is 2.18. The Morgan fingerprint density at radius 1 is 1.37 bits per heavy atom. The van der Waals surface area contributed by atoms with E-state index in [0.29, 0.717) is 18.7 Å². The number of nitro benzene ring substituents is 1. The molecule has 1 heterocycles. The first-order chi connectivity index (χ1) is 9.22. The Labute approximate surface area is 112 Å². The average Bonchev–Trinajstić information content (AvgIpc) is 2.92. The maximum atomic E-state index is 11.0. The molecule has 0 radical (unpaired) electrons. The Hall–Kier alpha value is -1.82. The molecule has 1 aliphatic heterocycles. The summed E-state index contributed by atoms with van der Waals surface area (Å²) in [6.45, 7) is 2.62. The van der Waals surface area contributed by atoms with Crippen molar-refractivity contribution in [2.75, 3.05) is 36.5 Å². The fourth-order valence-electron chi connectivity index (χ4n) is 2.30. The van der Waals surface area contributed by atoms with Gasteiger partial charge in [-0.3, -0.25) is 10.1 Å². The highest BCUT2D eigenvalue weighted by Gasteiger charge is 2.18. The minimum absolute atomic E-state index is 0.0760. The number of rotatable bonds is 6. The molecular weight excluding hydrogens is 246 g/mol. The summed E-state index contributed by atoms with van der Waals surface area (Å²) in [7, 11) is 0. The molecule has 2 rings (SSSR count). The van der Waals surface area contributed by atoms with Crippen LogP contribution in [0, 0.1) is 10.1 Å². The second kappa shape index (κ2) is 6.38. The molecule has 0 aromatic heterocycles. The molecule has 0 saturated carbocycles. The SMILES string of the molecule is O=[N+]([O-])c1ccc(N2CCCC2)cc1NCCCO. The van der Waals surface area contributed by atoms with Gasteiger partial charge in [-0.05, 0) is 31.4 Å². The number of aliphatic hydroxyl groups is 1. The lowest BCUT2D eigenvalue weighted by molar-refractivity contribution is -0.383. The standard InChI is InChI=1S/C13H19N3O3/c17-9-3-6-14-12-10-11(15-7-1-2-8-15)4-5-13(12)16(18)19/h4-5,10,14,17H,1-3,6-9H2. The second-order valence-electron chi connectivity index (χ2n) is 4.66. The van der Waals surface area contributed by atoms with E-state index in [9.17, 15) is 10.1 Å². The minimum atomic E-state index is -0.380. The topological polar surface area (TPSA) is 78.6 Å². The molecule has 0 atom stereocenters. The van der Waals surface area contributed by atoms with Gasteiger partial charge in [-0.2, -0.15) is 0 Å². The van der Waals surface area contributed by atoms with E-state index in [2.05, 4.69) is 10.2 Å². The van der Waals surface area contributed by atoms with Crippen molar-refractivity contribution in [3.63, 3.8) is 0 Å². The number of nitrogens with one attached hydrogen (secondary N) is 1. The van der Waals surface area contributed by atoms with Gasteiger partial charge in [-0.15, -0.1) is 0 Å². The smallest absolute Gasteiger partial charge is 0.292 e. The molecule has 1 aromatic rings. The van der Waals surface area contributed by atoms with Gasteiger partial charge in [-0.1, -0.05) is 0 Å². The molecule has 0 amide bonds. The van der Waals surface area contributed by atoms with Gasteiger partial charge in [0.2, 0.25) is 0 Å². The van der Waals surface area contributed by atoms with Crippen molar-refractivity contribution in [2.24, 2.45) is 0 Å². The molecule has 0 aliphatic carbocycles. The van der Waals surface area contributed by atoms with Crippen LogP contribution < -0.4 is 10.2 Å². The van der Waals surface area contributed by atoms with Gasteiger partial charge in [0, 0.05) is 38.0 Å². The minimum Gasteiger partial charge on any atom is -0.396 e. The van der Waals surface area contributed by atoms with Crippen LogP contribution in [0.4, 0.5) is 17.1 Å². The summed E-state index contributed by atoms with van der Waals surface area (Å²) in [5.41, 5.74) is 1.64. The van der Waals surface area contributed by atoms with Crippen molar-refractivity contribution < 1.29 is 10.0 Å². The van der Waals surface area contributed by atoms with Gasteiger partial charge < -0.3 is 15.3 Å². The van der Waals surface area contributed by atoms with E-state index in [1.165, 1.54) is 12.8 Å². The highest BCUT2D eigenvalue weighted by molar-refractivity contribution is 5.69. The maximum Gasteiger partial charge on any atom is 0.292 e. The zero-order chi connectivity index (χ0) is 13.7. The summed E-state index contributed by atoms with van der Waals surface area (Å²) in [5, 5.41) is 22.8. The van der Waals surface area contributed by atoms with Crippen LogP contribution in [0.2, 0.25) is 0 Å². The molecule has 0 bridgehead atoms. The van der Waals surface area contributed by atoms with E-state index >= 15 is 0 Å². The first kappa shape index (κ1) is 13.6. The van der Waals surface area contributed by atoms with Gasteiger partial charge in [0.1, 0.15) is 5.69 Å².